The highest BCUT2D eigenvalue weighted by molar-refractivity contribution is 6.42. The molecule has 0 saturated heterocycles. The van der Waals surface area contributed by atoms with Crippen molar-refractivity contribution in [1.29, 1.82) is 0 Å². The van der Waals surface area contributed by atoms with Gasteiger partial charge in [0.15, 0.2) is 12.4 Å². The summed E-state index contributed by atoms with van der Waals surface area (Å²) in [6.07, 6.45) is -0.569. The van der Waals surface area contributed by atoms with Gasteiger partial charge in [-0.2, -0.15) is 4.98 Å². The summed E-state index contributed by atoms with van der Waals surface area (Å²) in [4.78, 5) is 16.2. The Balaban J connectivity index is 1.99. The van der Waals surface area contributed by atoms with Crippen LogP contribution >= 0.6 is 23.2 Å². The summed E-state index contributed by atoms with van der Waals surface area (Å²) in [7, 11) is 0. The van der Waals surface area contributed by atoms with E-state index in [1.807, 2.05) is 0 Å². The van der Waals surface area contributed by atoms with Crippen molar-refractivity contribution in [2.75, 3.05) is 0 Å². The van der Waals surface area contributed by atoms with Gasteiger partial charge in [0, 0.05) is 6.07 Å². The quantitative estimate of drug-likeness (QED) is 0.779. The van der Waals surface area contributed by atoms with Gasteiger partial charge in [-0.05, 0) is 46.8 Å². The molecule has 2 rings (SSSR count). The molecule has 26 heavy (non-hydrogen) atoms. The number of nitrogens with one attached hydrogen (secondary N) is 1. The molecule has 1 heterocycles. The summed E-state index contributed by atoms with van der Waals surface area (Å²) < 4.78 is 16.0. The number of rotatable bonds is 5. The molecule has 0 aliphatic rings. The van der Waals surface area contributed by atoms with Crippen molar-refractivity contribution in [3.05, 3.63) is 40.0 Å². The third kappa shape index (κ3) is 5.78. The topological polar surface area (TPSA) is 86.5 Å². The van der Waals surface area contributed by atoms with Crippen LogP contribution in [0, 0.1) is 0 Å². The summed E-state index contributed by atoms with van der Waals surface area (Å²) in [5.74, 6) is 1.08. The van der Waals surface area contributed by atoms with Crippen LogP contribution in [0.1, 0.15) is 46.3 Å². The molecule has 1 aromatic carbocycles. The van der Waals surface area contributed by atoms with Crippen LogP contribution < -0.4 is 10.1 Å². The highest BCUT2D eigenvalue weighted by atomic mass is 35.5. The predicted molar refractivity (Wildman–Crippen MR) is 97.5 cm³/mol. The molecule has 1 N–H and O–H groups in total. The van der Waals surface area contributed by atoms with Crippen LogP contribution in [0.3, 0.4) is 0 Å². The number of halogens is 2. The standard InChI is InChI=1S/C17H21Cl2N3O4/c1-16(2,3)25-15(23)21-17(4,5)14-20-13(26-22-14)9-24-10-6-7-11(18)12(19)8-10/h6-8H,9H2,1-5H3,(H,21,23). The first kappa shape index (κ1) is 20.3. The van der Waals surface area contributed by atoms with Crippen molar-refractivity contribution < 1.29 is 18.8 Å². The summed E-state index contributed by atoms with van der Waals surface area (Å²) in [6.45, 7) is 8.88. The Morgan fingerprint density at radius 3 is 2.50 bits per heavy atom. The second-order valence-electron chi connectivity index (χ2n) is 7.13. The van der Waals surface area contributed by atoms with E-state index in [0.29, 0.717) is 21.6 Å². The molecule has 0 saturated carbocycles. The van der Waals surface area contributed by atoms with E-state index in [9.17, 15) is 4.79 Å². The monoisotopic (exact) mass is 401 g/mol. The smallest absolute Gasteiger partial charge is 0.408 e. The lowest BCUT2D eigenvalue weighted by molar-refractivity contribution is 0.0465. The highest BCUT2D eigenvalue weighted by Crippen LogP contribution is 2.27. The minimum atomic E-state index is -0.881. The van der Waals surface area contributed by atoms with Gasteiger partial charge in [-0.1, -0.05) is 28.4 Å². The van der Waals surface area contributed by atoms with E-state index in [-0.39, 0.29) is 12.5 Å². The molecule has 0 fully saturated rings. The first-order valence-electron chi connectivity index (χ1n) is 7.88. The number of aromatic nitrogens is 2. The van der Waals surface area contributed by atoms with E-state index < -0.39 is 17.2 Å². The molecule has 7 nitrogen and oxygen atoms in total. The molecule has 0 atom stereocenters. The van der Waals surface area contributed by atoms with Crippen LogP contribution in [0.5, 0.6) is 5.75 Å². The summed E-state index contributed by atoms with van der Waals surface area (Å²) >= 11 is 11.8. The minimum Gasteiger partial charge on any atom is -0.484 e. The number of nitrogens with zero attached hydrogens (tertiary/aromatic N) is 2. The fourth-order valence-corrected chi connectivity index (χ4v) is 2.18. The maximum Gasteiger partial charge on any atom is 0.408 e. The first-order valence-corrected chi connectivity index (χ1v) is 8.64. The molecule has 0 aliphatic heterocycles. The molecule has 0 unspecified atom stereocenters. The lowest BCUT2D eigenvalue weighted by Crippen LogP contribution is -2.44. The van der Waals surface area contributed by atoms with Crippen molar-refractivity contribution in [3.8, 4) is 5.75 Å². The van der Waals surface area contributed by atoms with E-state index in [0.717, 1.165) is 0 Å². The van der Waals surface area contributed by atoms with E-state index in [4.69, 9.17) is 37.2 Å². The number of benzene rings is 1. The first-order chi connectivity index (χ1) is 12.0. The van der Waals surface area contributed by atoms with Crippen LogP contribution in [-0.4, -0.2) is 21.8 Å². The predicted octanol–water partition coefficient (Wildman–Crippen LogP) is 4.72. The van der Waals surface area contributed by atoms with Crippen LogP contribution in [0.2, 0.25) is 10.0 Å². The Morgan fingerprint density at radius 2 is 1.88 bits per heavy atom. The number of carbonyl (C=O) groups is 1. The Labute approximate surface area is 162 Å². The van der Waals surface area contributed by atoms with Crippen LogP contribution in [0.4, 0.5) is 4.79 Å². The Hall–Kier alpha value is -1.99. The second-order valence-corrected chi connectivity index (χ2v) is 7.94. The summed E-state index contributed by atoms with van der Waals surface area (Å²) in [5, 5.41) is 7.43. The van der Waals surface area contributed by atoms with Crippen molar-refractivity contribution in [3.63, 3.8) is 0 Å². The molecule has 2 aromatic rings. The van der Waals surface area contributed by atoms with E-state index >= 15 is 0 Å². The average molecular weight is 402 g/mol. The van der Waals surface area contributed by atoms with Crippen molar-refractivity contribution in [2.24, 2.45) is 0 Å². The lowest BCUT2D eigenvalue weighted by atomic mass is 10.1. The number of ether oxygens (including phenoxy) is 2. The third-order valence-corrected chi connectivity index (χ3v) is 3.83. The zero-order valence-corrected chi connectivity index (χ0v) is 16.7. The normalized spacial score (nSPS) is 12.0. The Kier molecular flexibility index (Phi) is 6.03. The molecule has 1 amide bonds. The van der Waals surface area contributed by atoms with Crippen molar-refractivity contribution in [2.45, 2.75) is 52.4 Å². The maximum absolute atomic E-state index is 12.0. The molecule has 142 valence electrons. The van der Waals surface area contributed by atoms with Crippen LogP contribution in [-0.2, 0) is 16.9 Å². The zero-order valence-electron chi connectivity index (χ0n) is 15.2. The van der Waals surface area contributed by atoms with Gasteiger partial charge in [-0.25, -0.2) is 4.79 Å². The Bertz CT molecular complexity index is 785. The average Bonchev–Trinajstić information content (AvgIpc) is 2.95. The Morgan fingerprint density at radius 1 is 1.19 bits per heavy atom. The van der Waals surface area contributed by atoms with Gasteiger partial charge < -0.3 is 19.3 Å². The van der Waals surface area contributed by atoms with Crippen molar-refractivity contribution in [1.82, 2.24) is 15.5 Å². The van der Waals surface area contributed by atoms with Crippen molar-refractivity contribution >= 4 is 29.3 Å². The van der Waals surface area contributed by atoms with Gasteiger partial charge >= 0.3 is 6.09 Å². The molecule has 1 aromatic heterocycles. The van der Waals surface area contributed by atoms with Gasteiger partial charge in [0.25, 0.3) is 5.89 Å². The van der Waals surface area contributed by atoms with E-state index in [2.05, 4.69) is 15.5 Å². The molecular weight excluding hydrogens is 381 g/mol. The summed E-state index contributed by atoms with van der Waals surface area (Å²) in [6, 6.07) is 4.90. The molecule has 0 aliphatic carbocycles. The fourth-order valence-electron chi connectivity index (χ4n) is 1.89. The maximum atomic E-state index is 12.0. The zero-order chi connectivity index (χ0) is 19.5. The second kappa shape index (κ2) is 7.72. The number of hydrogen-bond donors (Lipinski definition) is 1. The highest BCUT2D eigenvalue weighted by Gasteiger charge is 2.31. The number of hydrogen-bond acceptors (Lipinski definition) is 6. The van der Waals surface area contributed by atoms with E-state index in [1.54, 1.807) is 52.8 Å². The minimum absolute atomic E-state index is 0.0491. The SMILES string of the molecule is CC(C)(C)OC(=O)NC(C)(C)c1noc(COc2ccc(Cl)c(Cl)c2)n1. The van der Waals surface area contributed by atoms with E-state index in [1.165, 1.54) is 0 Å². The van der Waals surface area contributed by atoms with Crippen LogP contribution in [0.15, 0.2) is 22.7 Å². The van der Waals surface area contributed by atoms with Gasteiger partial charge in [-0.3, -0.25) is 0 Å². The van der Waals surface area contributed by atoms with Crippen LogP contribution in [0.25, 0.3) is 0 Å². The van der Waals surface area contributed by atoms with Gasteiger partial charge in [-0.15, -0.1) is 0 Å². The molecule has 0 bridgehead atoms. The number of carbonyl (C=O) groups excluding carboxylic acids is 1. The summed E-state index contributed by atoms with van der Waals surface area (Å²) in [5.41, 5.74) is -1.48. The molecular formula is C17H21Cl2N3O4. The third-order valence-electron chi connectivity index (χ3n) is 3.09. The lowest BCUT2D eigenvalue weighted by Gasteiger charge is -2.26. The fraction of sp³-hybridized carbons (Fsp3) is 0.471. The molecule has 9 heteroatoms. The largest absolute Gasteiger partial charge is 0.484 e. The van der Waals surface area contributed by atoms with Gasteiger partial charge in [0.1, 0.15) is 16.9 Å². The number of alkyl carbamates (subject to hydrolysis) is 1. The number of amides is 1. The van der Waals surface area contributed by atoms with Gasteiger partial charge in [0.2, 0.25) is 0 Å². The van der Waals surface area contributed by atoms with Gasteiger partial charge in [0.05, 0.1) is 10.0 Å². The molecule has 0 spiro atoms. The molecule has 0 radical (unpaired) electrons.